The second-order valence-corrected chi connectivity index (χ2v) is 2.29. The van der Waals surface area contributed by atoms with Gasteiger partial charge in [0.05, 0.1) is 0 Å². The van der Waals surface area contributed by atoms with Crippen LogP contribution in [0.25, 0.3) is 0 Å². The predicted octanol–water partition coefficient (Wildman–Crippen LogP) is 0.879. The molecule has 3 heteroatoms. The van der Waals surface area contributed by atoms with Gasteiger partial charge >= 0.3 is 0 Å². The molecule has 0 radical (unpaired) electrons. The summed E-state index contributed by atoms with van der Waals surface area (Å²) < 4.78 is 0. The van der Waals surface area contributed by atoms with Crippen molar-refractivity contribution in [3.05, 3.63) is 0 Å². The van der Waals surface area contributed by atoms with Gasteiger partial charge in [0.15, 0.2) is 0 Å². The van der Waals surface area contributed by atoms with E-state index in [-0.39, 0.29) is 11.3 Å². The summed E-state index contributed by atoms with van der Waals surface area (Å²) in [4.78, 5) is 10.1. The van der Waals surface area contributed by atoms with E-state index in [4.69, 9.17) is 17.3 Å². The fraction of sp³-hybridized carbons (Fsp3) is 0.800. The highest BCUT2D eigenvalue weighted by atomic mass is 35.5. The Balaban J connectivity index is 3.05. The normalized spacial score (nSPS) is 13.4. The van der Waals surface area contributed by atoms with E-state index in [0.717, 1.165) is 0 Å². The molecule has 0 aromatic heterocycles. The molecule has 0 aromatic rings. The van der Waals surface area contributed by atoms with Crippen LogP contribution in [0.5, 0.6) is 0 Å². The van der Waals surface area contributed by atoms with Gasteiger partial charge in [-0.1, -0.05) is 0 Å². The van der Waals surface area contributed by atoms with E-state index in [1.54, 1.807) is 0 Å². The van der Waals surface area contributed by atoms with Gasteiger partial charge in [0.25, 0.3) is 0 Å². The molecule has 8 heavy (non-hydrogen) atoms. The molecule has 0 heterocycles. The van der Waals surface area contributed by atoms with Gasteiger partial charge in [-0.3, -0.25) is 4.79 Å². The van der Waals surface area contributed by atoms with Crippen molar-refractivity contribution in [3.8, 4) is 0 Å². The first-order valence-corrected chi connectivity index (χ1v) is 2.94. The summed E-state index contributed by atoms with van der Waals surface area (Å²) in [6, 6.07) is 0.0812. The van der Waals surface area contributed by atoms with Gasteiger partial charge < -0.3 is 5.73 Å². The minimum Gasteiger partial charge on any atom is -0.328 e. The highest BCUT2D eigenvalue weighted by Crippen LogP contribution is 1.96. The molecule has 2 nitrogen and oxygen atoms in total. The average Bonchev–Trinajstić information content (AvgIpc) is 1.61. The molecule has 0 aromatic carbocycles. The first-order chi connectivity index (χ1) is 3.63. The van der Waals surface area contributed by atoms with E-state index in [1.807, 2.05) is 6.92 Å². The molecule has 0 aliphatic heterocycles. The van der Waals surface area contributed by atoms with Gasteiger partial charge in [0.2, 0.25) is 5.24 Å². The lowest BCUT2D eigenvalue weighted by Gasteiger charge is -1.98. The van der Waals surface area contributed by atoms with E-state index < -0.39 is 0 Å². The Kier molecular flexibility index (Phi) is 3.83. The number of halogens is 1. The molecule has 0 bridgehead atoms. The molecule has 0 aliphatic rings. The maximum Gasteiger partial charge on any atom is 0.221 e. The Hall–Kier alpha value is -0.0800. The van der Waals surface area contributed by atoms with Crippen LogP contribution in [0, 0.1) is 0 Å². The summed E-state index contributed by atoms with van der Waals surface area (Å²) >= 11 is 5.03. The van der Waals surface area contributed by atoms with Crippen LogP contribution in [-0.2, 0) is 4.79 Å². The quantitative estimate of drug-likeness (QED) is 0.584. The van der Waals surface area contributed by atoms with E-state index in [2.05, 4.69) is 0 Å². The van der Waals surface area contributed by atoms with Crippen LogP contribution in [0.3, 0.4) is 0 Å². The summed E-state index contributed by atoms with van der Waals surface area (Å²) in [5.41, 5.74) is 5.33. The van der Waals surface area contributed by atoms with Crippen molar-refractivity contribution in [2.24, 2.45) is 5.73 Å². The van der Waals surface area contributed by atoms with E-state index in [9.17, 15) is 4.79 Å². The molecule has 1 atom stereocenters. The maximum atomic E-state index is 10.1. The van der Waals surface area contributed by atoms with E-state index in [0.29, 0.717) is 12.8 Å². The zero-order chi connectivity index (χ0) is 6.57. The van der Waals surface area contributed by atoms with Gasteiger partial charge in [-0.15, -0.1) is 0 Å². The zero-order valence-electron chi connectivity index (χ0n) is 4.86. The Labute approximate surface area is 54.0 Å². The van der Waals surface area contributed by atoms with Crippen molar-refractivity contribution >= 4 is 16.8 Å². The van der Waals surface area contributed by atoms with Crippen molar-refractivity contribution in [1.29, 1.82) is 0 Å². The molecular formula is C5H10ClNO. The number of nitrogens with two attached hydrogens (primary N) is 1. The summed E-state index contributed by atoms with van der Waals surface area (Å²) in [5.74, 6) is 0. The van der Waals surface area contributed by atoms with Crippen molar-refractivity contribution in [2.75, 3.05) is 0 Å². The van der Waals surface area contributed by atoms with Crippen LogP contribution < -0.4 is 5.73 Å². The van der Waals surface area contributed by atoms with Crippen molar-refractivity contribution < 1.29 is 4.79 Å². The van der Waals surface area contributed by atoms with Gasteiger partial charge in [0.1, 0.15) is 0 Å². The molecule has 0 spiro atoms. The van der Waals surface area contributed by atoms with Crippen molar-refractivity contribution in [2.45, 2.75) is 25.8 Å². The third-order valence-electron chi connectivity index (χ3n) is 0.796. The first-order valence-electron chi connectivity index (χ1n) is 2.57. The summed E-state index contributed by atoms with van der Waals surface area (Å²) in [7, 11) is 0. The second-order valence-electron chi connectivity index (χ2n) is 1.87. The standard InChI is InChI=1S/C5H10ClNO/c1-4(7)2-3-5(6)8/h4H,2-3,7H2,1H3. The molecule has 0 saturated carbocycles. The average molecular weight is 136 g/mol. The topological polar surface area (TPSA) is 43.1 Å². The van der Waals surface area contributed by atoms with Crippen LogP contribution >= 0.6 is 11.6 Å². The summed E-state index contributed by atoms with van der Waals surface area (Å²) in [6.07, 6.45) is 1.07. The maximum absolute atomic E-state index is 10.1. The van der Waals surface area contributed by atoms with Gasteiger partial charge in [-0.25, -0.2) is 0 Å². The number of rotatable bonds is 3. The molecule has 0 amide bonds. The Morgan fingerprint density at radius 2 is 2.38 bits per heavy atom. The van der Waals surface area contributed by atoms with Gasteiger partial charge in [-0.2, -0.15) is 0 Å². The fourth-order valence-corrected chi connectivity index (χ4v) is 0.450. The third-order valence-corrected chi connectivity index (χ3v) is 0.985. The van der Waals surface area contributed by atoms with Crippen LogP contribution in [0.2, 0.25) is 0 Å². The molecule has 1 unspecified atom stereocenters. The monoisotopic (exact) mass is 135 g/mol. The molecule has 0 fully saturated rings. The van der Waals surface area contributed by atoms with Crippen LogP contribution in [0.4, 0.5) is 0 Å². The Morgan fingerprint density at radius 3 is 2.50 bits per heavy atom. The Morgan fingerprint density at radius 1 is 1.88 bits per heavy atom. The highest BCUT2D eigenvalue weighted by molar-refractivity contribution is 6.63. The van der Waals surface area contributed by atoms with Crippen LogP contribution in [0.15, 0.2) is 0 Å². The largest absolute Gasteiger partial charge is 0.328 e. The third kappa shape index (κ3) is 5.92. The number of carbonyl (C=O) groups excluding carboxylic acids is 1. The SMILES string of the molecule is CC(N)CCC(=O)Cl. The lowest BCUT2D eigenvalue weighted by molar-refractivity contribution is -0.111. The number of hydrogen-bond acceptors (Lipinski definition) is 2. The van der Waals surface area contributed by atoms with E-state index in [1.165, 1.54) is 0 Å². The summed E-state index contributed by atoms with van der Waals surface area (Å²) in [5, 5.41) is -0.303. The second kappa shape index (κ2) is 3.87. The molecule has 0 saturated heterocycles. The predicted molar refractivity (Wildman–Crippen MR) is 33.7 cm³/mol. The van der Waals surface area contributed by atoms with Crippen molar-refractivity contribution in [3.63, 3.8) is 0 Å². The Bertz CT molecular complexity index is 82.5. The summed E-state index contributed by atoms with van der Waals surface area (Å²) in [6.45, 7) is 1.85. The molecular weight excluding hydrogens is 126 g/mol. The lowest BCUT2D eigenvalue weighted by Crippen LogP contribution is -2.14. The minimum absolute atomic E-state index is 0.0812. The number of hydrogen-bond donors (Lipinski definition) is 1. The van der Waals surface area contributed by atoms with Gasteiger partial charge in [-0.05, 0) is 24.9 Å². The number of carbonyl (C=O) groups is 1. The minimum atomic E-state index is -0.303. The van der Waals surface area contributed by atoms with Crippen molar-refractivity contribution in [1.82, 2.24) is 0 Å². The molecule has 0 aliphatic carbocycles. The lowest BCUT2D eigenvalue weighted by atomic mass is 10.2. The van der Waals surface area contributed by atoms with Crippen LogP contribution in [0.1, 0.15) is 19.8 Å². The first kappa shape index (κ1) is 7.92. The van der Waals surface area contributed by atoms with E-state index >= 15 is 0 Å². The molecule has 2 N–H and O–H groups in total. The zero-order valence-corrected chi connectivity index (χ0v) is 5.61. The fourth-order valence-electron chi connectivity index (χ4n) is 0.341. The smallest absolute Gasteiger partial charge is 0.221 e. The van der Waals surface area contributed by atoms with Gasteiger partial charge in [0, 0.05) is 12.5 Å². The highest BCUT2D eigenvalue weighted by Gasteiger charge is 1.97. The molecule has 48 valence electrons. The molecule has 0 rings (SSSR count). The van der Waals surface area contributed by atoms with Crippen LogP contribution in [-0.4, -0.2) is 11.3 Å².